The van der Waals surface area contributed by atoms with Crippen LogP contribution in [0, 0.1) is 0 Å². The van der Waals surface area contributed by atoms with Crippen molar-refractivity contribution in [1.29, 1.82) is 0 Å². The maximum atomic E-state index is 11.4. The zero-order chi connectivity index (χ0) is 24.5. The van der Waals surface area contributed by atoms with E-state index in [1.165, 1.54) is 0 Å². The van der Waals surface area contributed by atoms with E-state index < -0.39 is 5.60 Å². The van der Waals surface area contributed by atoms with Crippen molar-refractivity contribution in [2.45, 2.75) is 31.9 Å². The van der Waals surface area contributed by atoms with Gasteiger partial charge in [0, 0.05) is 58.2 Å². The molecule has 2 aromatic rings. The Bertz CT molecular complexity index is 912. The van der Waals surface area contributed by atoms with Crippen molar-refractivity contribution < 1.29 is 19.3 Å². The van der Waals surface area contributed by atoms with Crippen molar-refractivity contribution in [3.63, 3.8) is 0 Å². The average molecular weight is 486 g/mol. The topological polar surface area (TPSA) is 83.4 Å². The van der Waals surface area contributed by atoms with Gasteiger partial charge in [0.05, 0.1) is 31.6 Å². The minimum absolute atomic E-state index is 0.552. The van der Waals surface area contributed by atoms with Gasteiger partial charge < -0.3 is 24.2 Å². The van der Waals surface area contributed by atoms with E-state index >= 15 is 0 Å². The van der Waals surface area contributed by atoms with Crippen LogP contribution in [0.15, 0.2) is 36.8 Å². The summed E-state index contributed by atoms with van der Waals surface area (Å²) < 4.78 is 17.4. The van der Waals surface area contributed by atoms with Crippen LogP contribution in [0.4, 0.5) is 5.82 Å². The van der Waals surface area contributed by atoms with Crippen LogP contribution < -0.4 is 14.4 Å². The first-order valence-electron chi connectivity index (χ1n) is 12.7. The van der Waals surface area contributed by atoms with Gasteiger partial charge in [0.1, 0.15) is 12.4 Å². The fourth-order valence-electron chi connectivity index (χ4n) is 4.91. The monoisotopic (exact) mass is 485 g/mol. The maximum Gasteiger partial charge on any atom is 0.161 e. The Morgan fingerprint density at radius 1 is 1.14 bits per heavy atom. The van der Waals surface area contributed by atoms with Crippen molar-refractivity contribution in [3.8, 4) is 11.5 Å². The van der Waals surface area contributed by atoms with Crippen molar-refractivity contribution in [3.05, 3.63) is 42.4 Å². The molecule has 1 aromatic heterocycles. The predicted molar refractivity (Wildman–Crippen MR) is 135 cm³/mol. The van der Waals surface area contributed by atoms with Crippen LogP contribution in [0.5, 0.6) is 11.5 Å². The molecular weight excluding hydrogens is 446 g/mol. The summed E-state index contributed by atoms with van der Waals surface area (Å²) in [5, 5.41) is 11.4. The highest BCUT2D eigenvalue weighted by Gasteiger charge is 2.35. The van der Waals surface area contributed by atoms with Crippen molar-refractivity contribution in [1.82, 2.24) is 19.8 Å². The molecule has 0 aliphatic carbocycles. The molecule has 3 heterocycles. The second kappa shape index (κ2) is 12.5. The first kappa shape index (κ1) is 25.6. The summed E-state index contributed by atoms with van der Waals surface area (Å²) in [6.45, 7) is 10.3. The highest BCUT2D eigenvalue weighted by molar-refractivity contribution is 5.43. The summed E-state index contributed by atoms with van der Waals surface area (Å²) in [4.78, 5) is 15.2. The lowest BCUT2D eigenvalue weighted by atomic mass is 9.92. The molecule has 0 radical (unpaired) electrons. The van der Waals surface area contributed by atoms with Crippen LogP contribution in [0.1, 0.15) is 25.3 Å². The van der Waals surface area contributed by atoms with Crippen LogP contribution in [0.2, 0.25) is 0 Å². The van der Waals surface area contributed by atoms with E-state index in [4.69, 9.17) is 14.2 Å². The van der Waals surface area contributed by atoms with E-state index in [2.05, 4.69) is 36.8 Å². The van der Waals surface area contributed by atoms with Gasteiger partial charge in [-0.2, -0.15) is 0 Å². The Morgan fingerprint density at radius 2 is 2.00 bits per heavy atom. The lowest BCUT2D eigenvalue weighted by Crippen LogP contribution is -2.54. The lowest BCUT2D eigenvalue weighted by molar-refractivity contribution is -0.00350. The standard InChI is InChI=1S/C26H39N5O4/c1-3-34-24-17-22(5-6-23(24)35-16-13-30-11-14-33-15-12-30)19-29(2)20-26(32)7-4-10-31(21-26)25-18-27-8-9-28-25/h5-6,8-9,17-18,32H,3-4,7,10-16,19-21H2,1-2H3/t26-/m0/s1. The molecule has 0 saturated carbocycles. The highest BCUT2D eigenvalue weighted by atomic mass is 16.5. The molecule has 0 spiro atoms. The van der Waals surface area contributed by atoms with Crippen LogP contribution in [0.3, 0.4) is 0 Å². The number of nitrogens with zero attached hydrogens (tertiary/aromatic N) is 5. The molecule has 2 saturated heterocycles. The molecule has 0 amide bonds. The van der Waals surface area contributed by atoms with Gasteiger partial charge >= 0.3 is 0 Å². The molecule has 1 N–H and O–H groups in total. The number of morpholine rings is 1. The number of rotatable bonds is 11. The molecule has 0 unspecified atom stereocenters. The number of benzene rings is 1. The first-order chi connectivity index (χ1) is 17.0. The van der Waals surface area contributed by atoms with E-state index in [1.54, 1.807) is 18.6 Å². The second-order valence-electron chi connectivity index (χ2n) is 9.50. The summed E-state index contributed by atoms with van der Waals surface area (Å²) in [6, 6.07) is 6.14. The molecule has 9 heteroatoms. The fraction of sp³-hybridized carbons (Fsp3) is 0.615. The van der Waals surface area contributed by atoms with Gasteiger partial charge in [0.15, 0.2) is 11.5 Å². The van der Waals surface area contributed by atoms with Gasteiger partial charge in [-0.05, 0) is 44.5 Å². The number of β-amino-alcohol motifs (C(OH)–C–C–N with tert-alkyl or cyclic N) is 1. The number of aliphatic hydroxyl groups is 1. The van der Waals surface area contributed by atoms with E-state index in [0.717, 1.165) is 75.1 Å². The fourth-order valence-corrected chi connectivity index (χ4v) is 4.91. The summed E-state index contributed by atoms with van der Waals surface area (Å²) in [5.74, 6) is 2.36. The van der Waals surface area contributed by atoms with Crippen LogP contribution in [-0.2, 0) is 11.3 Å². The molecule has 2 aliphatic heterocycles. The predicted octanol–water partition coefficient (Wildman–Crippen LogP) is 2.05. The third kappa shape index (κ3) is 7.51. The molecule has 192 valence electrons. The molecular formula is C26H39N5O4. The third-order valence-electron chi connectivity index (χ3n) is 6.52. The Hall–Kier alpha value is -2.46. The van der Waals surface area contributed by atoms with E-state index in [0.29, 0.717) is 32.8 Å². The largest absolute Gasteiger partial charge is 0.490 e. The van der Waals surface area contributed by atoms with E-state index in [-0.39, 0.29) is 0 Å². The van der Waals surface area contributed by atoms with Crippen molar-refractivity contribution in [2.75, 3.05) is 77.6 Å². The summed E-state index contributed by atoms with van der Waals surface area (Å²) >= 11 is 0. The zero-order valence-electron chi connectivity index (χ0n) is 21.1. The Labute approximate surface area is 208 Å². The Morgan fingerprint density at radius 3 is 2.77 bits per heavy atom. The molecule has 2 fully saturated rings. The lowest BCUT2D eigenvalue weighted by Gasteiger charge is -2.41. The molecule has 4 rings (SSSR count). The number of likely N-dealkylation sites (N-methyl/N-ethyl adjacent to an activating group) is 1. The van der Waals surface area contributed by atoms with Gasteiger partial charge in [0.2, 0.25) is 0 Å². The molecule has 1 aromatic carbocycles. The van der Waals surface area contributed by atoms with E-state index in [1.807, 2.05) is 20.0 Å². The SMILES string of the molecule is CCOc1cc(CN(C)C[C@@]2(O)CCCN(c3cnccn3)C2)ccc1OCCN1CCOCC1. The minimum atomic E-state index is -0.796. The molecule has 2 aliphatic rings. The highest BCUT2D eigenvalue weighted by Crippen LogP contribution is 2.30. The van der Waals surface area contributed by atoms with Crippen molar-refractivity contribution in [2.24, 2.45) is 0 Å². The number of hydrogen-bond donors (Lipinski definition) is 1. The third-order valence-corrected chi connectivity index (χ3v) is 6.52. The van der Waals surface area contributed by atoms with Gasteiger partial charge in [-0.25, -0.2) is 4.98 Å². The smallest absolute Gasteiger partial charge is 0.161 e. The normalized spacial score (nSPS) is 21.3. The van der Waals surface area contributed by atoms with Gasteiger partial charge in [-0.1, -0.05) is 6.07 Å². The quantitative estimate of drug-likeness (QED) is 0.514. The molecule has 1 atom stereocenters. The number of piperidine rings is 1. The minimum Gasteiger partial charge on any atom is -0.490 e. The summed E-state index contributed by atoms with van der Waals surface area (Å²) in [7, 11) is 2.05. The number of anilines is 1. The van der Waals surface area contributed by atoms with Gasteiger partial charge in [0.25, 0.3) is 0 Å². The van der Waals surface area contributed by atoms with Crippen molar-refractivity contribution >= 4 is 5.82 Å². The van der Waals surface area contributed by atoms with E-state index in [9.17, 15) is 5.11 Å². The maximum absolute atomic E-state index is 11.4. The second-order valence-corrected chi connectivity index (χ2v) is 9.50. The zero-order valence-corrected chi connectivity index (χ0v) is 21.1. The van der Waals surface area contributed by atoms with Crippen LogP contribution in [0.25, 0.3) is 0 Å². The summed E-state index contributed by atoms with van der Waals surface area (Å²) in [5.41, 5.74) is 0.331. The number of hydrogen-bond acceptors (Lipinski definition) is 9. The molecule has 9 nitrogen and oxygen atoms in total. The number of ether oxygens (including phenoxy) is 3. The van der Waals surface area contributed by atoms with Gasteiger partial charge in [-0.3, -0.25) is 14.8 Å². The molecule has 0 bridgehead atoms. The Kier molecular flexibility index (Phi) is 9.14. The first-order valence-corrected chi connectivity index (χ1v) is 12.7. The molecule has 35 heavy (non-hydrogen) atoms. The average Bonchev–Trinajstić information content (AvgIpc) is 2.86. The van der Waals surface area contributed by atoms with Crippen LogP contribution >= 0.6 is 0 Å². The Balaban J connectivity index is 1.32. The summed E-state index contributed by atoms with van der Waals surface area (Å²) in [6.07, 6.45) is 6.82. The van der Waals surface area contributed by atoms with Gasteiger partial charge in [-0.15, -0.1) is 0 Å². The number of aromatic nitrogens is 2. The van der Waals surface area contributed by atoms with Crippen LogP contribution in [-0.4, -0.2) is 103 Å².